The van der Waals surface area contributed by atoms with Crippen molar-refractivity contribution in [1.82, 2.24) is 4.98 Å². The van der Waals surface area contributed by atoms with Gasteiger partial charge >= 0.3 is 0 Å². The normalized spacial score (nSPS) is 10.7. The molecular weight excluding hydrogens is 257 g/mol. The van der Waals surface area contributed by atoms with Gasteiger partial charge in [-0.1, -0.05) is 12.1 Å². The average Bonchev–Trinajstić information content (AvgIpc) is 2.88. The molecule has 1 aromatic heterocycles. The van der Waals surface area contributed by atoms with Crippen LogP contribution in [0.2, 0.25) is 0 Å². The van der Waals surface area contributed by atoms with Crippen LogP contribution in [0.3, 0.4) is 0 Å². The van der Waals surface area contributed by atoms with Crippen LogP contribution in [0, 0.1) is 11.2 Å². The summed E-state index contributed by atoms with van der Waals surface area (Å²) in [4.78, 5) is 2.83. The van der Waals surface area contributed by atoms with Gasteiger partial charge in [-0.25, -0.2) is 4.39 Å². The number of ether oxygens (including phenoxy) is 1. The minimum Gasteiger partial charge on any atom is -0.457 e. The predicted octanol–water partition coefficient (Wildman–Crippen LogP) is 3.38. The fourth-order valence-corrected chi connectivity index (χ4v) is 2.02. The Morgan fingerprint density at radius 2 is 2.00 bits per heavy atom. The van der Waals surface area contributed by atoms with Crippen LogP contribution in [0.1, 0.15) is 5.56 Å². The summed E-state index contributed by atoms with van der Waals surface area (Å²) >= 11 is 0. The van der Waals surface area contributed by atoms with Crippen molar-refractivity contribution in [2.75, 3.05) is 0 Å². The molecule has 0 unspecified atom stereocenters. The molecular formula is C15H12FN3O. The lowest BCUT2D eigenvalue weighted by atomic mass is 10.2. The average molecular weight is 269 g/mol. The van der Waals surface area contributed by atoms with Gasteiger partial charge in [0.25, 0.3) is 0 Å². The van der Waals surface area contributed by atoms with Crippen LogP contribution in [0.15, 0.2) is 48.7 Å². The lowest BCUT2D eigenvalue weighted by Gasteiger charge is -2.08. The number of hydrogen-bond acceptors (Lipinski definition) is 2. The molecule has 3 aromatic rings. The third-order valence-electron chi connectivity index (χ3n) is 2.97. The smallest absolute Gasteiger partial charge is 0.150 e. The molecule has 0 aliphatic rings. The highest BCUT2D eigenvalue weighted by atomic mass is 19.1. The van der Waals surface area contributed by atoms with Crippen molar-refractivity contribution in [1.29, 1.82) is 5.41 Å². The van der Waals surface area contributed by atoms with E-state index in [1.165, 1.54) is 6.07 Å². The van der Waals surface area contributed by atoms with Crippen molar-refractivity contribution < 1.29 is 9.13 Å². The van der Waals surface area contributed by atoms with E-state index >= 15 is 0 Å². The number of nitrogens with one attached hydrogen (secondary N) is 2. The molecule has 0 atom stereocenters. The summed E-state index contributed by atoms with van der Waals surface area (Å²) in [6.45, 7) is 0. The lowest BCUT2D eigenvalue weighted by molar-refractivity contribution is 0.478. The fraction of sp³-hybridized carbons (Fsp3) is 0. The molecule has 0 saturated heterocycles. The molecule has 1 heterocycles. The first-order valence-electron chi connectivity index (χ1n) is 6.02. The number of benzene rings is 2. The minimum absolute atomic E-state index is 0.0392. The second kappa shape index (κ2) is 4.70. The van der Waals surface area contributed by atoms with Gasteiger partial charge in [0.15, 0.2) is 5.82 Å². The molecule has 5 heteroatoms. The molecule has 0 fully saturated rings. The van der Waals surface area contributed by atoms with Crippen LogP contribution < -0.4 is 10.5 Å². The predicted molar refractivity (Wildman–Crippen MR) is 75.8 cm³/mol. The van der Waals surface area contributed by atoms with Gasteiger partial charge in [0.05, 0.1) is 5.52 Å². The summed E-state index contributed by atoms with van der Waals surface area (Å²) in [5, 5.41) is 8.13. The number of H-pyrrole nitrogens is 1. The van der Waals surface area contributed by atoms with Crippen LogP contribution >= 0.6 is 0 Å². The van der Waals surface area contributed by atoms with Crippen molar-refractivity contribution in [3.05, 3.63) is 60.0 Å². The highest BCUT2D eigenvalue weighted by Gasteiger charge is 2.07. The summed E-state index contributed by atoms with van der Waals surface area (Å²) in [6, 6.07) is 11.7. The van der Waals surface area contributed by atoms with E-state index < -0.39 is 0 Å². The lowest BCUT2D eigenvalue weighted by Crippen LogP contribution is -2.10. The fourth-order valence-electron chi connectivity index (χ4n) is 2.02. The molecule has 0 aliphatic carbocycles. The molecule has 4 nitrogen and oxygen atoms in total. The highest BCUT2D eigenvalue weighted by molar-refractivity contribution is 5.95. The van der Waals surface area contributed by atoms with E-state index in [-0.39, 0.29) is 11.7 Å². The Balaban J connectivity index is 1.96. The second-order valence-corrected chi connectivity index (χ2v) is 4.39. The number of nitrogens with two attached hydrogens (primary N) is 1. The number of amidine groups is 1. The SMILES string of the molecule is N=C(N)c1cccc(Oc2cc(F)c3[nH]ccc3c2)c1. The van der Waals surface area contributed by atoms with E-state index in [4.69, 9.17) is 15.9 Å². The molecule has 100 valence electrons. The standard InChI is InChI=1S/C15H12FN3O/c16-13-8-12(6-9-4-5-19-14(9)13)20-11-3-1-2-10(7-11)15(17)18/h1-8,19H,(H3,17,18). The molecule has 4 N–H and O–H groups in total. The van der Waals surface area contributed by atoms with E-state index in [9.17, 15) is 4.39 Å². The summed E-state index contributed by atoms with van der Waals surface area (Å²) in [5.74, 6) is 0.496. The zero-order valence-electron chi connectivity index (χ0n) is 10.5. The largest absolute Gasteiger partial charge is 0.457 e. The van der Waals surface area contributed by atoms with Crippen molar-refractivity contribution in [3.8, 4) is 11.5 Å². The van der Waals surface area contributed by atoms with Gasteiger partial charge in [-0.3, -0.25) is 5.41 Å². The van der Waals surface area contributed by atoms with E-state index in [1.54, 1.807) is 42.6 Å². The van der Waals surface area contributed by atoms with Gasteiger partial charge in [-0.05, 0) is 24.3 Å². The monoisotopic (exact) mass is 269 g/mol. The third-order valence-corrected chi connectivity index (χ3v) is 2.97. The van der Waals surface area contributed by atoms with Crippen LogP contribution in [-0.2, 0) is 0 Å². The quantitative estimate of drug-likeness (QED) is 0.503. The molecule has 0 aliphatic heterocycles. The minimum atomic E-state index is -0.370. The zero-order valence-corrected chi connectivity index (χ0v) is 10.5. The van der Waals surface area contributed by atoms with Crippen LogP contribution in [0.5, 0.6) is 11.5 Å². The van der Waals surface area contributed by atoms with E-state index in [1.807, 2.05) is 0 Å². The molecule has 0 bridgehead atoms. The van der Waals surface area contributed by atoms with Crippen LogP contribution in [-0.4, -0.2) is 10.8 Å². The van der Waals surface area contributed by atoms with Crippen molar-refractivity contribution >= 4 is 16.7 Å². The summed E-state index contributed by atoms with van der Waals surface area (Å²) < 4.78 is 19.4. The topological polar surface area (TPSA) is 74.9 Å². The van der Waals surface area contributed by atoms with Gasteiger partial charge in [0.1, 0.15) is 17.3 Å². The van der Waals surface area contributed by atoms with Gasteiger partial charge < -0.3 is 15.5 Å². The van der Waals surface area contributed by atoms with Crippen LogP contribution in [0.25, 0.3) is 10.9 Å². The first-order chi connectivity index (χ1) is 9.63. The summed E-state index contributed by atoms with van der Waals surface area (Å²) in [7, 11) is 0. The molecule has 20 heavy (non-hydrogen) atoms. The van der Waals surface area contributed by atoms with Gasteiger partial charge in [0.2, 0.25) is 0 Å². The Labute approximate surface area is 114 Å². The highest BCUT2D eigenvalue weighted by Crippen LogP contribution is 2.27. The zero-order chi connectivity index (χ0) is 14.1. The second-order valence-electron chi connectivity index (χ2n) is 4.39. The molecule has 2 aromatic carbocycles. The maximum atomic E-state index is 13.8. The van der Waals surface area contributed by atoms with Crippen molar-refractivity contribution in [2.24, 2.45) is 5.73 Å². The first kappa shape index (κ1) is 12.2. The summed E-state index contributed by atoms with van der Waals surface area (Å²) in [6.07, 6.45) is 1.67. The van der Waals surface area contributed by atoms with E-state index in [0.29, 0.717) is 22.6 Å². The first-order valence-corrected chi connectivity index (χ1v) is 6.02. The molecule has 0 radical (unpaired) electrons. The number of rotatable bonds is 3. The van der Waals surface area contributed by atoms with E-state index in [0.717, 1.165) is 5.39 Å². The molecule has 0 spiro atoms. The van der Waals surface area contributed by atoms with E-state index in [2.05, 4.69) is 4.98 Å². The van der Waals surface area contributed by atoms with Gasteiger partial charge in [-0.15, -0.1) is 0 Å². The number of aromatic amines is 1. The van der Waals surface area contributed by atoms with Crippen molar-refractivity contribution in [3.63, 3.8) is 0 Å². The Bertz CT molecular complexity index is 795. The van der Waals surface area contributed by atoms with Crippen LogP contribution in [0.4, 0.5) is 4.39 Å². The van der Waals surface area contributed by atoms with Gasteiger partial charge in [0, 0.05) is 23.2 Å². The Hall–Kier alpha value is -2.82. The van der Waals surface area contributed by atoms with Crippen molar-refractivity contribution in [2.45, 2.75) is 0 Å². The third kappa shape index (κ3) is 2.21. The number of nitrogen functional groups attached to an aromatic ring is 1. The number of fused-ring (bicyclic) bond motifs is 1. The number of halogens is 1. The Kier molecular flexibility index (Phi) is 2.87. The molecule has 0 saturated carbocycles. The molecule has 3 rings (SSSR count). The number of hydrogen-bond donors (Lipinski definition) is 3. The Morgan fingerprint density at radius 1 is 1.15 bits per heavy atom. The Morgan fingerprint density at radius 3 is 2.80 bits per heavy atom. The summed E-state index contributed by atoms with van der Waals surface area (Å²) in [5.41, 5.74) is 6.44. The number of aromatic nitrogens is 1. The molecule has 0 amide bonds. The van der Waals surface area contributed by atoms with Gasteiger partial charge in [-0.2, -0.15) is 0 Å². The maximum absolute atomic E-state index is 13.8. The maximum Gasteiger partial charge on any atom is 0.150 e.